The summed E-state index contributed by atoms with van der Waals surface area (Å²) in [5, 5.41) is 9.99. The normalized spacial score (nSPS) is 14.3. The minimum absolute atomic E-state index is 0.667. The molecule has 17 heavy (non-hydrogen) atoms. The molecule has 4 heteroatoms. The minimum Gasteiger partial charge on any atom is -0.480 e. The molecule has 0 fully saturated rings. The van der Waals surface area contributed by atoms with Crippen LogP contribution in [0, 0.1) is 0 Å². The molecule has 1 rings (SSSR count). The quantitative estimate of drug-likeness (QED) is 0.777. The predicted molar refractivity (Wildman–Crippen MR) is 72.9 cm³/mol. The van der Waals surface area contributed by atoms with E-state index in [4.69, 9.17) is 11.6 Å². The third kappa shape index (κ3) is 4.25. The van der Waals surface area contributed by atoms with Gasteiger partial charge < -0.3 is 5.11 Å². The number of benzene rings is 1. The lowest BCUT2D eigenvalue weighted by Crippen LogP contribution is -2.31. The molecule has 0 bridgehead atoms. The lowest BCUT2D eigenvalue weighted by atomic mass is 10.0. The van der Waals surface area contributed by atoms with Gasteiger partial charge in [0.15, 0.2) is 0 Å². The zero-order valence-electron chi connectivity index (χ0n) is 10.1. The Morgan fingerprint density at radius 1 is 1.41 bits per heavy atom. The van der Waals surface area contributed by atoms with E-state index >= 15 is 0 Å². The summed E-state index contributed by atoms with van der Waals surface area (Å²) in [7, 11) is 0. The van der Waals surface area contributed by atoms with Gasteiger partial charge in [-0.15, -0.1) is 11.8 Å². The minimum atomic E-state index is -0.760. The van der Waals surface area contributed by atoms with Crippen molar-refractivity contribution >= 4 is 29.3 Å². The zero-order valence-corrected chi connectivity index (χ0v) is 11.6. The number of carbonyl (C=O) groups is 1. The Kier molecular flexibility index (Phi) is 5.34. The second kappa shape index (κ2) is 6.31. The summed E-state index contributed by atoms with van der Waals surface area (Å²) in [5.74, 6) is -0.758. The highest BCUT2D eigenvalue weighted by molar-refractivity contribution is 8.01. The maximum absolute atomic E-state index is 11.4. The highest BCUT2D eigenvalue weighted by Crippen LogP contribution is 2.37. The van der Waals surface area contributed by atoms with E-state index in [-0.39, 0.29) is 0 Å². The first-order valence-corrected chi connectivity index (χ1v) is 6.85. The fourth-order valence-electron chi connectivity index (χ4n) is 1.48. The van der Waals surface area contributed by atoms with Crippen LogP contribution in [-0.2, 0) is 4.79 Å². The van der Waals surface area contributed by atoms with Crippen LogP contribution in [-0.4, -0.2) is 15.8 Å². The number of carboxylic acids is 1. The fourth-order valence-corrected chi connectivity index (χ4v) is 2.73. The van der Waals surface area contributed by atoms with Gasteiger partial charge in [-0.2, -0.15) is 0 Å². The van der Waals surface area contributed by atoms with Crippen molar-refractivity contribution in [3.8, 4) is 0 Å². The first-order chi connectivity index (χ1) is 7.98. The van der Waals surface area contributed by atoms with E-state index in [0.717, 1.165) is 17.7 Å². The zero-order chi connectivity index (χ0) is 12.9. The van der Waals surface area contributed by atoms with Crippen LogP contribution in [0.5, 0.6) is 0 Å². The first-order valence-electron chi connectivity index (χ1n) is 5.66. The molecule has 1 aromatic rings. The summed E-state index contributed by atoms with van der Waals surface area (Å²) < 4.78 is -0.760. The molecule has 0 radical (unpaired) electrons. The van der Waals surface area contributed by atoms with Gasteiger partial charge >= 0.3 is 5.97 Å². The van der Waals surface area contributed by atoms with E-state index in [1.54, 1.807) is 19.1 Å². The van der Waals surface area contributed by atoms with Gasteiger partial charge in [0.2, 0.25) is 0 Å². The second-order valence-electron chi connectivity index (χ2n) is 4.20. The molecule has 2 nitrogen and oxygen atoms in total. The second-order valence-corrected chi connectivity index (χ2v) is 6.21. The molecule has 0 spiro atoms. The molecular formula is C13H17ClO2S. The fraction of sp³-hybridized carbons (Fsp3) is 0.462. The van der Waals surface area contributed by atoms with Gasteiger partial charge in [0.25, 0.3) is 0 Å². The summed E-state index contributed by atoms with van der Waals surface area (Å²) in [4.78, 5) is 12.3. The van der Waals surface area contributed by atoms with Crippen molar-refractivity contribution < 1.29 is 9.90 Å². The molecule has 0 aliphatic heterocycles. The molecule has 0 saturated carbocycles. The Bertz CT molecular complexity index is 378. The van der Waals surface area contributed by atoms with Crippen LogP contribution < -0.4 is 0 Å². The topological polar surface area (TPSA) is 37.3 Å². The molecule has 0 amide bonds. The van der Waals surface area contributed by atoms with Gasteiger partial charge in [0, 0.05) is 9.92 Å². The number of thioether (sulfide) groups is 1. The number of hydrogen-bond acceptors (Lipinski definition) is 2. The Morgan fingerprint density at radius 3 is 2.47 bits per heavy atom. The molecule has 1 atom stereocenters. The van der Waals surface area contributed by atoms with Crippen molar-refractivity contribution in [3.63, 3.8) is 0 Å². The number of carboxylic acid groups (broad SMARTS) is 1. The predicted octanol–water partition coefficient (Wildman–Crippen LogP) is 4.47. The van der Waals surface area contributed by atoms with E-state index in [0.29, 0.717) is 11.4 Å². The smallest absolute Gasteiger partial charge is 0.319 e. The van der Waals surface area contributed by atoms with Gasteiger partial charge in [0.1, 0.15) is 4.75 Å². The molecule has 0 aliphatic rings. The van der Waals surface area contributed by atoms with E-state index < -0.39 is 10.7 Å². The van der Waals surface area contributed by atoms with Gasteiger partial charge in [0.05, 0.1) is 0 Å². The Hall–Kier alpha value is -0.670. The van der Waals surface area contributed by atoms with E-state index in [1.807, 2.05) is 12.1 Å². The molecule has 0 aromatic heterocycles. The SMILES string of the molecule is CCCCC(C)(Sc1ccc(Cl)cc1)C(=O)O. The molecule has 0 aliphatic carbocycles. The molecule has 1 N–H and O–H groups in total. The first kappa shape index (κ1) is 14.4. The van der Waals surface area contributed by atoms with Crippen LogP contribution in [0.25, 0.3) is 0 Å². The van der Waals surface area contributed by atoms with E-state index in [1.165, 1.54) is 11.8 Å². The third-order valence-corrected chi connectivity index (χ3v) is 4.21. The van der Waals surface area contributed by atoms with Gasteiger partial charge in [-0.25, -0.2) is 0 Å². The van der Waals surface area contributed by atoms with Gasteiger partial charge in [-0.05, 0) is 37.6 Å². The summed E-state index contributed by atoms with van der Waals surface area (Å²) in [6.07, 6.45) is 2.60. The highest BCUT2D eigenvalue weighted by atomic mass is 35.5. The maximum Gasteiger partial charge on any atom is 0.319 e. The van der Waals surface area contributed by atoms with Crippen LogP contribution in [0.3, 0.4) is 0 Å². The van der Waals surface area contributed by atoms with Crippen molar-refractivity contribution in [1.82, 2.24) is 0 Å². The Balaban J connectivity index is 2.79. The molecule has 1 unspecified atom stereocenters. The number of halogens is 1. The summed E-state index contributed by atoms with van der Waals surface area (Å²) >= 11 is 7.19. The van der Waals surface area contributed by atoms with Crippen molar-refractivity contribution in [2.75, 3.05) is 0 Å². The largest absolute Gasteiger partial charge is 0.480 e. The average molecular weight is 273 g/mol. The monoisotopic (exact) mass is 272 g/mol. The molecule has 94 valence electrons. The van der Waals surface area contributed by atoms with Crippen molar-refractivity contribution in [3.05, 3.63) is 29.3 Å². The molecule has 0 saturated heterocycles. The molecule has 0 heterocycles. The van der Waals surface area contributed by atoms with E-state index in [9.17, 15) is 9.90 Å². The summed E-state index contributed by atoms with van der Waals surface area (Å²) in [6.45, 7) is 3.85. The molecular weight excluding hydrogens is 256 g/mol. The number of rotatable bonds is 6. The lowest BCUT2D eigenvalue weighted by Gasteiger charge is -2.24. The van der Waals surface area contributed by atoms with Crippen molar-refractivity contribution in [2.24, 2.45) is 0 Å². The Morgan fingerprint density at radius 2 is 2.00 bits per heavy atom. The van der Waals surface area contributed by atoms with Crippen LogP contribution in [0.15, 0.2) is 29.2 Å². The number of hydrogen-bond donors (Lipinski definition) is 1. The van der Waals surface area contributed by atoms with E-state index in [2.05, 4.69) is 6.92 Å². The maximum atomic E-state index is 11.4. The van der Waals surface area contributed by atoms with Crippen molar-refractivity contribution in [1.29, 1.82) is 0 Å². The number of unbranched alkanes of at least 4 members (excludes halogenated alkanes) is 1. The van der Waals surface area contributed by atoms with Crippen molar-refractivity contribution in [2.45, 2.75) is 42.8 Å². The Labute approximate surface area is 111 Å². The summed E-state index contributed by atoms with van der Waals surface area (Å²) in [6, 6.07) is 7.29. The highest BCUT2D eigenvalue weighted by Gasteiger charge is 2.33. The summed E-state index contributed by atoms with van der Waals surface area (Å²) in [5.41, 5.74) is 0. The third-order valence-electron chi connectivity index (χ3n) is 2.62. The standard InChI is InChI=1S/C13H17ClO2S/c1-3-4-9-13(2,12(15)16)17-11-7-5-10(14)6-8-11/h5-8H,3-4,9H2,1-2H3,(H,15,16). The average Bonchev–Trinajstić information content (AvgIpc) is 2.29. The van der Waals surface area contributed by atoms with Crippen LogP contribution in [0.1, 0.15) is 33.1 Å². The van der Waals surface area contributed by atoms with Gasteiger partial charge in [-0.1, -0.05) is 31.4 Å². The number of aliphatic carboxylic acids is 1. The van der Waals surface area contributed by atoms with Crippen LogP contribution in [0.4, 0.5) is 0 Å². The van der Waals surface area contributed by atoms with Gasteiger partial charge in [-0.3, -0.25) is 4.79 Å². The van der Waals surface area contributed by atoms with Crippen LogP contribution >= 0.6 is 23.4 Å². The lowest BCUT2D eigenvalue weighted by molar-refractivity contribution is -0.139. The molecule has 1 aromatic carbocycles. The van der Waals surface area contributed by atoms with Crippen LogP contribution in [0.2, 0.25) is 5.02 Å².